The SMILES string of the molecule is NC=NC(CC(=CN)C(Br)=NC1CCC1)=Nc1ccc(F)cc1I. The summed E-state index contributed by atoms with van der Waals surface area (Å²) in [6.45, 7) is 0. The summed E-state index contributed by atoms with van der Waals surface area (Å²) in [5.41, 5.74) is 12.6. The van der Waals surface area contributed by atoms with Crippen LogP contribution in [0.2, 0.25) is 0 Å². The second-order valence-electron chi connectivity index (χ2n) is 5.28. The Bertz CT molecular complexity index is 710. The lowest BCUT2D eigenvalue weighted by atomic mass is 9.94. The monoisotopic (exact) mass is 505 g/mol. The summed E-state index contributed by atoms with van der Waals surface area (Å²) in [4.78, 5) is 13.2. The van der Waals surface area contributed by atoms with Crippen LogP contribution < -0.4 is 11.5 Å². The van der Waals surface area contributed by atoms with Crippen molar-refractivity contribution in [2.45, 2.75) is 31.7 Å². The average Bonchev–Trinajstić information content (AvgIpc) is 2.51. The second kappa shape index (κ2) is 9.26. The number of hydrogen-bond donors (Lipinski definition) is 2. The van der Waals surface area contributed by atoms with Gasteiger partial charge in [0.25, 0.3) is 0 Å². The Kier molecular flexibility index (Phi) is 7.35. The zero-order valence-electron chi connectivity index (χ0n) is 12.9. The minimum Gasteiger partial charge on any atom is -0.404 e. The van der Waals surface area contributed by atoms with E-state index in [0.717, 1.165) is 18.4 Å². The highest BCUT2D eigenvalue weighted by Crippen LogP contribution is 2.26. The Morgan fingerprint density at radius 3 is 2.67 bits per heavy atom. The summed E-state index contributed by atoms with van der Waals surface area (Å²) >= 11 is 5.51. The Morgan fingerprint density at radius 1 is 1.38 bits per heavy atom. The normalized spacial score (nSPS) is 17.4. The van der Waals surface area contributed by atoms with Crippen molar-refractivity contribution >= 4 is 61.0 Å². The molecule has 0 bridgehead atoms. The van der Waals surface area contributed by atoms with Gasteiger partial charge < -0.3 is 11.5 Å². The summed E-state index contributed by atoms with van der Waals surface area (Å²) in [5, 5.41) is 0. The first-order valence-electron chi connectivity index (χ1n) is 7.44. The van der Waals surface area contributed by atoms with Gasteiger partial charge in [-0.25, -0.2) is 14.4 Å². The number of aliphatic imine (C=N–C) groups is 3. The molecule has 0 spiro atoms. The van der Waals surface area contributed by atoms with E-state index < -0.39 is 0 Å². The molecule has 0 aromatic heterocycles. The smallest absolute Gasteiger partial charge is 0.135 e. The Morgan fingerprint density at radius 2 is 2.12 bits per heavy atom. The fraction of sp³-hybridized carbons (Fsp3) is 0.312. The van der Waals surface area contributed by atoms with E-state index in [1.165, 1.54) is 31.1 Å². The highest BCUT2D eigenvalue weighted by molar-refractivity contribution is 14.1. The van der Waals surface area contributed by atoms with Crippen LogP contribution in [-0.2, 0) is 0 Å². The van der Waals surface area contributed by atoms with Crippen LogP contribution in [0.3, 0.4) is 0 Å². The highest BCUT2D eigenvalue weighted by atomic mass is 127. The van der Waals surface area contributed by atoms with Crippen LogP contribution in [0.4, 0.5) is 10.1 Å². The van der Waals surface area contributed by atoms with Crippen LogP contribution in [0.5, 0.6) is 0 Å². The zero-order valence-corrected chi connectivity index (χ0v) is 16.7. The van der Waals surface area contributed by atoms with E-state index in [1.807, 2.05) is 22.6 Å². The third kappa shape index (κ3) is 5.37. The molecule has 0 aliphatic heterocycles. The molecule has 1 aromatic rings. The van der Waals surface area contributed by atoms with Gasteiger partial charge in [-0.3, -0.25) is 4.99 Å². The van der Waals surface area contributed by atoms with Crippen molar-refractivity contribution in [1.82, 2.24) is 0 Å². The molecule has 0 atom stereocenters. The first-order valence-corrected chi connectivity index (χ1v) is 9.32. The van der Waals surface area contributed by atoms with Gasteiger partial charge in [0.05, 0.1) is 18.1 Å². The first-order chi connectivity index (χ1) is 11.5. The molecule has 24 heavy (non-hydrogen) atoms. The van der Waals surface area contributed by atoms with Crippen LogP contribution >= 0.6 is 38.5 Å². The molecule has 0 radical (unpaired) electrons. The van der Waals surface area contributed by atoms with Crippen molar-refractivity contribution < 1.29 is 4.39 Å². The molecule has 0 unspecified atom stereocenters. The summed E-state index contributed by atoms with van der Waals surface area (Å²) < 4.78 is 14.6. The van der Waals surface area contributed by atoms with Gasteiger partial charge in [-0.2, -0.15) is 0 Å². The molecule has 1 aromatic carbocycles. The van der Waals surface area contributed by atoms with Crippen LogP contribution in [0.25, 0.3) is 0 Å². The summed E-state index contributed by atoms with van der Waals surface area (Å²) in [7, 11) is 0. The average molecular weight is 506 g/mol. The Hall–Kier alpha value is -1.29. The number of nitrogens with zero attached hydrogens (tertiary/aromatic N) is 3. The summed E-state index contributed by atoms with van der Waals surface area (Å²) in [6.07, 6.45) is 6.45. The number of amidine groups is 1. The molecule has 2 rings (SSSR count). The van der Waals surface area contributed by atoms with Crippen molar-refractivity contribution in [3.05, 3.63) is 39.4 Å². The number of hydrogen-bond acceptors (Lipinski definition) is 3. The molecule has 0 saturated heterocycles. The molecule has 1 saturated carbocycles. The van der Waals surface area contributed by atoms with Crippen molar-refractivity contribution in [3.8, 4) is 0 Å². The quantitative estimate of drug-likeness (QED) is 0.359. The summed E-state index contributed by atoms with van der Waals surface area (Å²) in [5.74, 6) is 0.166. The van der Waals surface area contributed by atoms with Gasteiger partial charge in [0.2, 0.25) is 0 Å². The zero-order chi connectivity index (χ0) is 17.5. The van der Waals surface area contributed by atoms with E-state index in [-0.39, 0.29) is 5.82 Å². The van der Waals surface area contributed by atoms with Crippen molar-refractivity contribution in [2.24, 2.45) is 26.4 Å². The van der Waals surface area contributed by atoms with Crippen LogP contribution in [-0.4, -0.2) is 22.8 Å². The molecular formula is C16H18BrFIN5. The van der Waals surface area contributed by atoms with Gasteiger partial charge in [0, 0.05) is 21.8 Å². The number of nitrogens with two attached hydrogens (primary N) is 2. The molecule has 1 aliphatic rings. The van der Waals surface area contributed by atoms with Crippen molar-refractivity contribution in [1.29, 1.82) is 0 Å². The molecule has 8 heteroatoms. The van der Waals surface area contributed by atoms with E-state index in [4.69, 9.17) is 11.5 Å². The molecule has 5 nitrogen and oxygen atoms in total. The standard InChI is InChI=1S/C16H18BrFIN5/c17-16(23-12-2-1-3-12)10(8-20)6-15(22-9-21)24-14-5-4-11(18)7-13(14)19/h4-5,7-9,12H,1-3,6,20H2,(H2,21,22,24). The molecule has 0 amide bonds. The highest BCUT2D eigenvalue weighted by Gasteiger charge is 2.18. The maximum absolute atomic E-state index is 13.2. The van der Waals surface area contributed by atoms with Gasteiger partial charge in [-0.15, -0.1) is 0 Å². The Balaban J connectivity index is 2.23. The molecule has 1 aliphatic carbocycles. The Labute approximate surface area is 162 Å². The lowest BCUT2D eigenvalue weighted by Crippen LogP contribution is -2.17. The van der Waals surface area contributed by atoms with Crippen LogP contribution in [0.15, 0.2) is 44.9 Å². The van der Waals surface area contributed by atoms with Crippen molar-refractivity contribution in [3.63, 3.8) is 0 Å². The predicted octanol–water partition coefficient (Wildman–Crippen LogP) is 4.03. The van der Waals surface area contributed by atoms with Gasteiger partial charge in [-0.05, 0) is 76.0 Å². The van der Waals surface area contributed by atoms with E-state index in [0.29, 0.717) is 32.2 Å². The fourth-order valence-corrected chi connectivity index (χ4v) is 3.20. The van der Waals surface area contributed by atoms with Gasteiger partial charge in [-0.1, -0.05) is 0 Å². The number of rotatable bonds is 5. The van der Waals surface area contributed by atoms with E-state index in [1.54, 1.807) is 6.07 Å². The topological polar surface area (TPSA) is 89.1 Å². The molecule has 128 valence electrons. The predicted molar refractivity (Wildman–Crippen MR) is 110 cm³/mol. The minimum absolute atomic E-state index is 0.305. The van der Waals surface area contributed by atoms with Crippen molar-refractivity contribution in [2.75, 3.05) is 0 Å². The van der Waals surface area contributed by atoms with E-state index in [9.17, 15) is 4.39 Å². The lowest BCUT2D eigenvalue weighted by molar-refractivity contribution is 0.421. The number of halogens is 3. The van der Waals surface area contributed by atoms with E-state index in [2.05, 4.69) is 30.9 Å². The molecule has 0 heterocycles. The maximum atomic E-state index is 13.2. The molecular weight excluding hydrogens is 488 g/mol. The van der Waals surface area contributed by atoms with E-state index >= 15 is 0 Å². The minimum atomic E-state index is -0.305. The third-order valence-corrected chi connectivity index (χ3v) is 5.15. The third-order valence-electron chi connectivity index (χ3n) is 3.57. The lowest BCUT2D eigenvalue weighted by Gasteiger charge is -2.21. The van der Waals surface area contributed by atoms with Crippen LogP contribution in [0, 0.1) is 9.39 Å². The molecule has 4 N–H and O–H groups in total. The van der Waals surface area contributed by atoms with Gasteiger partial charge in [0.15, 0.2) is 0 Å². The second-order valence-corrected chi connectivity index (χ2v) is 7.19. The number of benzene rings is 1. The van der Waals surface area contributed by atoms with Crippen LogP contribution in [0.1, 0.15) is 25.7 Å². The van der Waals surface area contributed by atoms with Gasteiger partial charge in [0.1, 0.15) is 16.3 Å². The largest absolute Gasteiger partial charge is 0.404 e. The molecule has 1 fully saturated rings. The maximum Gasteiger partial charge on any atom is 0.135 e. The summed E-state index contributed by atoms with van der Waals surface area (Å²) in [6, 6.07) is 4.73. The fourth-order valence-electron chi connectivity index (χ4n) is 2.04. The first kappa shape index (κ1) is 19.0. The van der Waals surface area contributed by atoms with Gasteiger partial charge >= 0.3 is 0 Å².